The molecule has 0 saturated heterocycles. The highest BCUT2D eigenvalue weighted by Gasteiger charge is 2.17. The number of aromatic nitrogens is 3. The second-order valence-electron chi connectivity index (χ2n) is 5.75. The van der Waals surface area contributed by atoms with Gasteiger partial charge in [0.25, 0.3) is 0 Å². The largest absolute Gasteiger partial charge is 0.481 e. The SMILES string of the molecule is COc1ccc2nc(CCCl)n(CCC3CCCC3)c2n1. The first-order chi connectivity index (χ1) is 10.3. The fraction of sp³-hybridized carbons (Fsp3) is 0.625. The predicted octanol–water partition coefficient (Wildman–Crippen LogP) is 3.80. The second kappa shape index (κ2) is 6.65. The molecular weight excluding hydrogens is 286 g/mol. The number of methoxy groups -OCH3 is 1. The number of rotatable bonds is 6. The molecule has 0 spiro atoms. The molecule has 4 nitrogen and oxygen atoms in total. The molecular formula is C16H22ClN3O. The smallest absolute Gasteiger partial charge is 0.215 e. The minimum absolute atomic E-state index is 0.587. The van der Waals surface area contributed by atoms with Gasteiger partial charge in [-0.25, -0.2) is 4.98 Å². The summed E-state index contributed by atoms with van der Waals surface area (Å²) >= 11 is 5.92. The van der Waals surface area contributed by atoms with Crippen LogP contribution in [0.25, 0.3) is 11.2 Å². The third-order valence-corrected chi connectivity index (χ3v) is 4.60. The number of hydrogen-bond acceptors (Lipinski definition) is 3. The molecule has 21 heavy (non-hydrogen) atoms. The molecule has 1 aliphatic carbocycles. The first-order valence-electron chi connectivity index (χ1n) is 7.78. The average Bonchev–Trinajstić information content (AvgIpc) is 3.12. The van der Waals surface area contributed by atoms with Crippen LogP contribution in [0.4, 0.5) is 0 Å². The molecule has 114 valence electrons. The Hall–Kier alpha value is -1.29. The van der Waals surface area contributed by atoms with E-state index in [0.717, 1.165) is 35.9 Å². The summed E-state index contributed by atoms with van der Waals surface area (Å²) in [6.45, 7) is 0.980. The Kier molecular flexibility index (Phi) is 4.63. The van der Waals surface area contributed by atoms with Gasteiger partial charge in [-0.2, -0.15) is 4.98 Å². The van der Waals surface area contributed by atoms with Crippen molar-refractivity contribution in [2.75, 3.05) is 13.0 Å². The van der Waals surface area contributed by atoms with Crippen LogP contribution in [0.15, 0.2) is 12.1 Å². The van der Waals surface area contributed by atoms with E-state index >= 15 is 0 Å². The normalized spacial score (nSPS) is 15.9. The summed E-state index contributed by atoms with van der Waals surface area (Å²) in [7, 11) is 1.65. The van der Waals surface area contributed by atoms with Crippen LogP contribution < -0.4 is 4.74 Å². The Balaban J connectivity index is 1.89. The number of alkyl halides is 1. The summed E-state index contributed by atoms with van der Waals surface area (Å²) in [5.74, 6) is 3.13. The van der Waals surface area contributed by atoms with E-state index in [-0.39, 0.29) is 0 Å². The van der Waals surface area contributed by atoms with Crippen molar-refractivity contribution >= 4 is 22.8 Å². The number of ether oxygens (including phenoxy) is 1. The lowest BCUT2D eigenvalue weighted by Gasteiger charge is -2.12. The van der Waals surface area contributed by atoms with E-state index in [1.165, 1.54) is 32.1 Å². The molecule has 2 aromatic heterocycles. The molecule has 2 heterocycles. The van der Waals surface area contributed by atoms with Crippen LogP contribution in [0, 0.1) is 5.92 Å². The number of pyridine rings is 1. The van der Waals surface area contributed by atoms with Crippen LogP contribution >= 0.6 is 11.6 Å². The summed E-state index contributed by atoms with van der Waals surface area (Å²) in [5.41, 5.74) is 1.86. The van der Waals surface area contributed by atoms with Crippen molar-refractivity contribution in [3.63, 3.8) is 0 Å². The topological polar surface area (TPSA) is 39.9 Å². The van der Waals surface area contributed by atoms with Gasteiger partial charge in [-0.05, 0) is 18.4 Å². The third-order valence-electron chi connectivity index (χ3n) is 4.41. The maximum atomic E-state index is 5.92. The van der Waals surface area contributed by atoms with Crippen LogP contribution in [0.2, 0.25) is 0 Å². The molecule has 1 fully saturated rings. The highest BCUT2D eigenvalue weighted by atomic mass is 35.5. The molecule has 0 N–H and O–H groups in total. The number of imidazole rings is 1. The molecule has 2 aromatic rings. The maximum Gasteiger partial charge on any atom is 0.215 e. The standard InChI is InChI=1S/C16H22ClN3O/c1-21-15-7-6-13-16(19-15)20(14(18-13)8-10-17)11-9-12-4-2-3-5-12/h6-7,12H,2-5,8-11H2,1H3. The number of nitrogens with zero attached hydrogens (tertiary/aromatic N) is 3. The number of fused-ring (bicyclic) bond motifs is 1. The van der Waals surface area contributed by atoms with Gasteiger partial charge in [0, 0.05) is 24.9 Å². The Morgan fingerprint density at radius 2 is 2.10 bits per heavy atom. The highest BCUT2D eigenvalue weighted by Crippen LogP contribution is 2.29. The Bertz CT molecular complexity index is 605. The summed E-state index contributed by atoms with van der Waals surface area (Å²) in [6, 6.07) is 3.84. The van der Waals surface area contributed by atoms with Crippen molar-refractivity contribution in [3.05, 3.63) is 18.0 Å². The summed E-state index contributed by atoms with van der Waals surface area (Å²) in [5, 5.41) is 0. The van der Waals surface area contributed by atoms with Gasteiger partial charge >= 0.3 is 0 Å². The van der Waals surface area contributed by atoms with E-state index in [0.29, 0.717) is 11.8 Å². The van der Waals surface area contributed by atoms with Gasteiger partial charge in [0.15, 0.2) is 5.65 Å². The maximum absolute atomic E-state index is 5.92. The van der Waals surface area contributed by atoms with E-state index in [4.69, 9.17) is 16.3 Å². The molecule has 0 radical (unpaired) electrons. The fourth-order valence-corrected chi connectivity index (χ4v) is 3.43. The van der Waals surface area contributed by atoms with Gasteiger partial charge in [-0.1, -0.05) is 25.7 Å². The van der Waals surface area contributed by atoms with Gasteiger partial charge in [0.05, 0.1) is 7.11 Å². The Morgan fingerprint density at radius 3 is 2.81 bits per heavy atom. The van der Waals surface area contributed by atoms with Crippen LogP contribution in [0.1, 0.15) is 37.9 Å². The zero-order chi connectivity index (χ0) is 14.7. The quantitative estimate of drug-likeness (QED) is 0.762. The molecule has 0 aliphatic heterocycles. The lowest BCUT2D eigenvalue weighted by atomic mass is 10.0. The monoisotopic (exact) mass is 307 g/mol. The summed E-state index contributed by atoms with van der Waals surface area (Å²) in [6.07, 6.45) is 7.50. The molecule has 1 aliphatic rings. The molecule has 0 atom stereocenters. The van der Waals surface area contributed by atoms with Crippen LogP contribution in [0.3, 0.4) is 0 Å². The zero-order valence-corrected chi connectivity index (χ0v) is 13.3. The number of aryl methyl sites for hydroxylation is 2. The van der Waals surface area contributed by atoms with Gasteiger partial charge in [-0.15, -0.1) is 11.6 Å². The lowest BCUT2D eigenvalue weighted by Crippen LogP contribution is -2.09. The first-order valence-corrected chi connectivity index (χ1v) is 8.31. The van der Waals surface area contributed by atoms with Crippen molar-refractivity contribution in [1.82, 2.24) is 14.5 Å². The Morgan fingerprint density at radius 1 is 1.29 bits per heavy atom. The second-order valence-corrected chi connectivity index (χ2v) is 6.13. The van der Waals surface area contributed by atoms with E-state index < -0.39 is 0 Å². The van der Waals surface area contributed by atoms with Crippen molar-refractivity contribution < 1.29 is 4.74 Å². The van der Waals surface area contributed by atoms with Gasteiger partial charge in [0.1, 0.15) is 11.3 Å². The van der Waals surface area contributed by atoms with Crippen LogP contribution in [-0.2, 0) is 13.0 Å². The van der Waals surface area contributed by atoms with Crippen molar-refractivity contribution in [3.8, 4) is 5.88 Å². The Labute approximate surface area is 130 Å². The highest BCUT2D eigenvalue weighted by molar-refractivity contribution is 6.17. The van der Waals surface area contributed by atoms with Crippen molar-refractivity contribution in [1.29, 1.82) is 0 Å². The molecule has 0 unspecified atom stereocenters. The van der Waals surface area contributed by atoms with E-state index in [9.17, 15) is 0 Å². The van der Waals surface area contributed by atoms with E-state index in [1.807, 2.05) is 12.1 Å². The summed E-state index contributed by atoms with van der Waals surface area (Å²) in [4.78, 5) is 9.26. The van der Waals surface area contributed by atoms with Gasteiger partial charge in [0.2, 0.25) is 5.88 Å². The minimum atomic E-state index is 0.587. The van der Waals surface area contributed by atoms with Crippen LogP contribution in [-0.4, -0.2) is 27.5 Å². The van der Waals surface area contributed by atoms with Crippen molar-refractivity contribution in [2.45, 2.75) is 45.1 Å². The zero-order valence-electron chi connectivity index (χ0n) is 12.5. The van der Waals surface area contributed by atoms with E-state index in [1.54, 1.807) is 7.11 Å². The summed E-state index contributed by atoms with van der Waals surface area (Å²) < 4.78 is 7.48. The molecule has 0 aromatic carbocycles. The molecule has 0 bridgehead atoms. The molecule has 1 saturated carbocycles. The molecule has 0 amide bonds. The predicted molar refractivity (Wildman–Crippen MR) is 85.1 cm³/mol. The number of halogens is 1. The van der Waals surface area contributed by atoms with Crippen LogP contribution in [0.5, 0.6) is 5.88 Å². The van der Waals surface area contributed by atoms with Crippen molar-refractivity contribution in [2.24, 2.45) is 5.92 Å². The number of hydrogen-bond donors (Lipinski definition) is 0. The first kappa shape index (κ1) is 14.6. The third kappa shape index (κ3) is 3.15. The van der Waals surface area contributed by atoms with E-state index in [2.05, 4.69) is 14.5 Å². The molecule has 3 rings (SSSR count). The van der Waals surface area contributed by atoms with Gasteiger partial charge in [-0.3, -0.25) is 0 Å². The van der Waals surface area contributed by atoms with Gasteiger partial charge < -0.3 is 9.30 Å². The average molecular weight is 308 g/mol. The minimum Gasteiger partial charge on any atom is -0.481 e. The fourth-order valence-electron chi connectivity index (χ4n) is 3.27. The lowest BCUT2D eigenvalue weighted by molar-refractivity contribution is 0.398. The molecule has 5 heteroatoms.